The molecule has 23 heavy (non-hydrogen) atoms. The van der Waals surface area contributed by atoms with E-state index in [0.29, 0.717) is 30.6 Å². The molecule has 0 spiro atoms. The maximum atomic E-state index is 11.6. The molecule has 0 aliphatic heterocycles. The van der Waals surface area contributed by atoms with Crippen LogP contribution >= 0.6 is 0 Å². The van der Waals surface area contributed by atoms with Crippen molar-refractivity contribution in [1.29, 1.82) is 0 Å². The second-order valence-corrected chi connectivity index (χ2v) is 5.88. The molecule has 0 unspecified atom stereocenters. The van der Waals surface area contributed by atoms with Gasteiger partial charge < -0.3 is 24.5 Å². The summed E-state index contributed by atoms with van der Waals surface area (Å²) in [5.74, 6) is 0.446. The molecule has 2 aromatic rings. The second-order valence-electron chi connectivity index (χ2n) is 5.88. The van der Waals surface area contributed by atoms with Crippen molar-refractivity contribution in [1.82, 2.24) is 0 Å². The maximum Gasteiger partial charge on any atom is 0.336 e. The first-order chi connectivity index (χ1) is 11.0. The lowest BCUT2D eigenvalue weighted by atomic mass is 9.89. The first kappa shape index (κ1) is 16.0. The van der Waals surface area contributed by atoms with Crippen LogP contribution in [0.25, 0.3) is 11.0 Å². The van der Waals surface area contributed by atoms with Crippen LogP contribution in [-0.4, -0.2) is 39.7 Å². The van der Waals surface area contributed by atoms with E-state index in [-0.39, 0.29) is 0 Å². The lowest BCUT2D eigenvalue weighted by Gasteiger charge is -2.35. The summed E-state index contributed by atoms with van der Waals surface area (Å²) in [7, 11) is 0. The maximum absolute atomic E-state index is 11.6. The number of aryl methyl sites for hydroxylation is 1. The molecule has 0 saturated heterocycles. The van der Waals surface area contributed by atoms with Gasteiger partial charge in [0.2, 0.25) is 0 Å². The van der Waals surface area contributed by atoms with Crippen molar-refractivity contribution in [3.05, 3.63) is 40.2 Å². The van der Waals surface area contributed by atoms with E-state index in [9.17, 15) is 20.1 Å². The van der Waals surface area contributed by atoms with E-state index in [0.717, 1.165) is 10.9 Å². The van der Waals surface area contributed by atoms with Crippen LogP contribution in [0.5, 0.6) is 5.75 Å². The van der Waals surface area contributed by atoms with Gasteiger partial charge in [-0.2, -0.15) is 0 Å². The van der Waals surface area contributed by atoms with Crippen LogP contribution in [0, 0.1) is 0 Å². The standard InChI is InChI=1S/C17H20O6/c1-2-9-7-15(19)23-14-8-10(3-4-11(9)14)22-13-6-5-12(18)16(20)17(13)21/h3-4,7-8,12-13,16-18,20-21H,2,5-6H2,1H3/t12-,13-,16+,17+/m1/s1. The summed E-state index contributed by atoms with van der Waals surface area (Å²) in [4.78, 5) is 11.6. The average Bonchev–Trinajstić information content (AvgIpc) is 2.54. The van der Waals surface area contributed by atoms with Crippen LogP contribution in [0.2, 0.25) is 0 Å². The fraction of sp³-hybridized carbons (Fsp3) is 0.471. The van der Waals surface area contributed by atoms with Gasteiger partial charge in [-0.3, -0.25) is 0 Å². The molecule has 1 heterocycles. The van der Waals surface area contributed by atoms with Crippen molar-refractivity contribution >= 4 is 11.0 Å². The third-order valence-electron chi connectivity index (χ3n) is 4.34. The van der Waals surface area contributed by atoms with Gasteiger partial charge in [-0.1, -0.05) is 6.92 Å². The Hall–Kier alpha value is -1.89. The van der Waals surface area contributed by atoms with Crippen molar-refractivity contribution in [2.24, 2.45) is 0 Å². The van der Waals surface area contributed by atoms with E-state index in [1.54, 1.807) is 12.1 Å². The molecule has 1 fully saturated rings. The van der Waals surface area contributed by atoms with Crippen molar-refractivity contribution in [2.45, 2.75) is 50.6 Å². The van der Waals surface area contributed by atoms with Crippen LogP contribution < -0.4 is 10.4 Å². The molecule has 3 rings (SSSR count). The van der Waals surface area contributed by atoms with Crippen LogP contribution in [0.4, 0.5) is 0 Å². The number of rotatable bonds is 3. The summed E-state index contributed by atoms with van der Waals surface area (Å²) >= 11 is 0. The van der Waals surface area contributed by atoms with E-state index < -0.39 is 30.0 Å². The molecule has 1 aromatic heterocycles. The van der Waals surface area contributed by atoms with Gasteiger partial charge in [-0.05, 0) is 37.0 Å². The molecular formula is C17H20O6. The molecule has 1 saturated carbocycles. The number of aliphatic hydroxyl groups is 3. The highest BCUT2D eigenvalue weighted by Gasteiger charge is 2.37. The zero-order valence-corrected chi connectivity index (χ0v) is 12.8. The van der Waals surface area contributed by atoms with E-state index in [4.69, 9.17) is 9.15 Å². The first-order valence-corrected chi connectivity index (χ1v) is 7.77. The van der Waals surface area contributed by atoms with E-state index >= 15 is 0 Å². The molecule has 0 radical (unpaired) electrons. The van der Waals surface area contributed by atoms with Crippen LogP contribution in [0.15, 0.2) is 33.5 Å². The van der Waals surface area contributed by atoms with Crippen molar-refractivity contribution in [3.63, 3.8) is 0 Å². The molecule has 3 N–H and O–H groups in total. The Morgan fingerprint density at radius 2 is 1.96 bits per heavy atom. The molecule has 1 aromatic carbocycles. The summed E-state index contributed by atoms with van der Waals surface area (Å²) in [5.41, 5.74) is 0.916. The minimum Gasteiger partial charge on any atom is -0.487 e. The van der Waals surface area contributed by atoms with Gasteiger partial charge in [0, 0.05) is 17.5 Å². The van der Waals surface area contributed by atoms with Gasteiger partial charge in [0.25, 0.3) is 0 Å². The fourth-order valence-corrected chi connectivity index (χ4v) is 3.00. The zero-order chi connectivity index (χ0) is 16.6. The lowest BCUT2D eigenvalue weighted by molar-refractivity contribution is -0.128. The normalized spacial score (nSPS) is 28.0. The van der Waals surface area contributed by atoms with Crippen LogP contribution in [-0.2, 0) is 6.42 Å². The predicted molar refractivity (Wildman–Crippen MR) is 83.5 cm³/mol. The third kappa shape index (κ3) is 3.10. The number of benzene rings is 1. The Morgan fingerprint density at radius 3 is 2.70 bits per heavy atom. The minimum absolute atomic E-state index is 0.353. The lowest BCUT2D eigenvalue weighted by Crippen LogP contribution is -2.51. The Balaban J connectivity index is 1.88. The van der Waals surface area contributed by atoms with Gasteiger partial charge in [0.05, 0.1) is 6.10 Å². The molecule has 6 heteroatoms. The summed E-state index contributed by atoms with van der Waals surface area (Å²) in [6.45, 7) is 1.96. The number of fused-ring (bicyclic) bond motifs is 1. The molecule has 4 atom stereocenters. The van der Waals surface area contributed by atoms with Gasteiger partial charge in [0.15, 0.2) is 0 Å². The monoisotopic (exact) mass is 320 g/mol. The van der Waals surface area contributed by atoms with Crippen molar-refractivity contribution in [3.8, 4) is 5.75 Å². The van der Waals surface area contributed by atoms with E-state index in [1.807, 2.05) is 13.0 Å². The molecule has 0 bridgehead atoms. The highest BCUT2D eigenvalue weighted by atomic mass is 16.5. The molecule has 0 amide bonds. The third-order valence-corrected chi connectivity index (χ3v) is 4.34. The minimum atomic E-state index is -1.22. The second kappa shape index (κ2) is 6.31. The molecule has 1 aliphatic carbocycles. The van der Waals surface area contributed by atoms with Gasteiger partial charge in [-0.25, -0.2) is 4.79 Å². The average molecular weight is 320 g/mol. The van der Waals surface area contributed by atoms with Gasteiger partial charge >= 0.3 is 5.63 Å². The summed E-state index contributed by atoms with van der Waals surface area (Å²) in [5, 5.41) is 30.1. The quantitative estimate of drug-likeness (QED) is 0.729. The van der Waals surface area contributed by atoms with Gasteiger partial charge in [0.1, 0.15) is 29.6 Å². The molecule has 124 valence electrons. The Labute approximate surface area is 132 Å². The smallest absolute Gasteiger partial charge is 0.336 e. The fourth-order valence-electron chi connectivity index (χ4n) is 3.00. The highest BCUT2D eigenvalue weighted by Crippen LogP contribution is 2.28. The van der Waals surface area contributed by atoms with E-state index in [1.165, 1.54) is 6.07 Å². The largest absolute Gasteiger partial charge is 0.487 e. The van der Waals surface area contributed by atoms with Crippen molar-refractivity contribution in [2.75, 3.05) is 0 Å². The molecule has 1 aliphatic rings. The number of hydrogen-bond donors (Lipinski definition) is 3. The zero-order valence-electron chi connectivity index (χ0n) is 12.8. The number of ether oxygens (including phenoxy) is 1. The Morgan fingerprint density at radius 1 is 1.17 bits per heavy atom. The summed E-state index contributed by atoms with van der Waals surface area (Å²) in [6, 6.07) is 6.64. The molecule has 6 nitrogen and oxygen atoms in total. The van der Waals surface area contributed by atoms with Gasteiger partial charge in [-0.15, -0.1) is 0 Å². The number of aliphatic hydroxyl groups excluding tert-OH is 3. The summed E-state index contributed by atoms with van der Waals surface area (Å²) < 4.78 is 10.9. The van der Waals surface area contributed by atoms with Crippen LogP contribution in [0.3, 0.4) is 0 Å². The predicted octanol–water partition coefficient (Wildman–Crippen LogP) is 0.979. The highest BCUT2D eigenvalue weighted by molar-refractivity contribution is 5.81. The number of hydrogen-bond acceptors (Lipinski definition) is 6. The topological polar surface area (TPSA) is 100 Å². The molecular weight excluding hydrogens is 300 g/mol. The van der Waals surface area contributed by atoms with Crippen molar-refractivity contribution < 1.29 is 24.5 Å². The Bertz CT molecular complexity index is 752. The Kier molecular flexibility index (Phi) is 4.39. The van der Waals surface area contributed by atoms with E-state index in [2.05, 4.69) is 0 Å². The SMILES string of the molecule is CCc1cc(=O)oc2cc(O[C@@H]3CC[C@@H](O)[C@H](O)[C@H]3O)ccc12. The summed E-state index contributed by atoms with van der Waals surface area (Å²) in [6.07, 6.45) is -2.45. The van der Waals surface area contributed by atoms with Crippen LogP contribution in [0.1, 0.15) is 25.3 Å². The first-order valence-electron chi connectivity index (χ1n) is 7.77.